The summed E-state index contributed by atoms with van der Waals surface area (Å²) >= 11 is 0. The smallest absolute Gasteiger partial charge is 0.308 e. The molecule has 302 valence electrons. The van der Waals surface area contributed by atoms with Gasteiger partial charge in [0.2, 0.25) is 0 Å². The van der Waals surface area contributed by atoms with Gasteiger partial charge in [-0.2, -0.15) is 0 Å². The van der Waals surface area contributed by atoms with Crippen LogP contribution in [0.4, 0.5) is 0 Å². The fourth-order valence-electron chi connectivity index (χ4n) is 4.04. The molecule has 0 fully saturated rings. The number of para-hydroxylation sites is 3. The Labute approximate surface area is 332 Å². The third-order valence-corrected chi connectivity index (χ3v) is 6.13. The number of ketones is 1. The molecule has 4 rings (SSSR count). The topological polar surface area (TPSA) is 258 Å². The molecule has 0 aliphatic carbocycles. The minimum Gasteiger partial charge on any atom is -0.426 e. The van der Waals surface area contributed by atoms with Crippen LogP contribution in [0.1, 0.15) is 80.7 Å². The molecular weight excluding hydrogens is 811 g/mol. The van der Waals surface area contributed by atoms with E-state index < -0.39 is 43.1 Å². The summed E-state index contributed by atoms with van der Waals surface area (Å²) in [4.78, 5) is 42.6. The average Bonchev–Trinajstić information content (AvgIpc) is 3.05. The van der Waals surface area contributed by atoms with Gasteiger partial charge in [0.1, 0.15) is 23.0 Å². The summed E-state index contributed by atoms with van der Waals surface area (Å²) in [6.07, 6.45) is -6.15. The molecule has 0 aliphatic heterocycles. The minimum atomic E-state index is -1.63. The summed E-state index contributed by atoms with van der Waals surface area (Å²) in [7, 11) is 0. The number of esters is 3. The van der Waals surface area contributed by atoms with Gasteiger partial charge in [0.05, 0.1) is 16.7 Å². The Morgan fingerprint density at radius 2 is 0.667 bits per heavy atom. The number of hydrogen-bond acceptors (Lipinski definition) is 15. The monoisotopic (exact) mass is 852 g/mol. The summed E-state index contributed by atoms with van der Waals surface area (Å²) in [6, 6.07) is 25.5. The minimum absolute atomic E-state index is 0. The summed E-state index contributed by atoms with van der Waals surface area (Å²) in [6.45, 7) is 5.22. The van der Waals surface area contributed by atoms with E-state index in [0.29, 0.717) is 11.1 Å². The van der Waals surface area contributed by atoms with Crippen LogP contribution in [-0.4, -0.2) is 64.5 Å². The zero-order valence-electron chi connectivity index (χ0n) is 29.3. The molecule has 0 spiro atoms. The number of carbonyl (C=O) groups is 4. The zero-order chi connectivity index (χ0) is 39.4. The van der Waals surface area contributed by atoms with Crippen LogP contribution in [0.2, 0.25) is 0 Å². The van der Waals surface area contributed by atoms with Gasteiger partial charge in [-0.1, -0.05) is 78.9 Å². The standard InChI is InChI=1S/C10H12O3.3C9H10O4.2Cu/c1-7(11)6-8-4-2-3-5-9(8)10(12)13;3*1-6(10)13-8-5-3-2-4-7(8)9(11)12;;/h2-5,10,12-13H,6H2,1H3;3*2-5,9,11-12H,1H3;;. The van der Waals surface area contributed by atoms with Crippen molar-refractivity contribution in [2.45, 2.75) is 59.3 Å². The summed E-state index contributed by atoms with van der Waals surface area (Å²) < 4.78 is 14.2. The molecule has 54 heavy (non-hydrogen) atoms. The maximum atomic E-state index is 10.8. The van der Waals surface area contributed by atoms with E-state index in [4.69, 9.17) is 55.1 Å². The van der Waals surface area contributed by atoms with Crippen molar-refractivity contribution in [3.05, 3.63) is 125 Å². The van der Waals surface area contributed by atoms with Crippen LogP contribution in [0.5, 0.6) is 17.2 Å². The first-order chi connectivity index (χ1) is 24.4. The van der Waals surface area contributed by atoms with E-state index in [1.807, 2.05) is 0 Å². The molecular formula is C37H42Cu2O15. The van der Waals surface area contributed by atoms with E-state index in [-0.39, 0.29) is 80.3 Å². The molecule has 0 saturated carbocycles. The van der Waals surface area contributed by atoms with E-state index in [9.17, 15) is 19.2 Å². The van der Waals surface area contributed by atoms with E-state index in [2.05, 4.69) is 0 Å². The quantitative estimate of drug-likeness (QED) is 0.0521. The third kappa shape index (κ3) is 20.2. The molecule has 0 bridgehead atoms. The Bertz CT molecular complexity index is 1490. The molecule has 8 N–H and O–H groups in total. The molecule has 0 atom stereocenters. The van der Waals surface area contributed by atoms with Gasteiger partial charge in [0, 0.05) is 66.9 Å². The van der Waals surface area contributed by atoms with Crippen LogP contribution in [-0.2, 0) is 59.7 Å². The van der Waals surface area contributed by atoms with Crippen molar-refractivity contribution in [2.24, 2.45) is 0 Å². The Kier molecular flexibility index (Phi) is 26.2. The predicted molar refractivity (Wildman–Crippen MR) is 183 cm³/mol. The molecule has 0 amide bonds. The number of carbonyl (C=O) groups excluding carboxylic acids is 4. The maximum absolute atomic E-state index is 10.8. The van der Waals surface area contributed by atoms with Gasteiger partial charge in [-0.3, -0.25) is 19.2 Å². The van der Waals surface area contributed by atoms with Crippen molar-refractivity contribution in [1.82, 2.24) is 0 Å². The molecule has 0 heterocycles. The van der Waals surface area contributed by atoms with Gasteiger partial charge in [-0.05, 0) is 30.7 Å². The maximum Gasteiger partial charge on any atom is 0.308 e. The first-order valence-corrected chi connectivity index (χ1v) is 15.3. The van der Waals surface area contributed by atoms with Crippen LogP contribution in [0.3, 0.4) is 0 Å². The summed E-state index contributed by atoms with van der Waals surface area (Å²) in [5, 5.41) is 71.2. The molecule has 0 aliphatic rings. The van der Waals surface area contributed by atoms with Crippen molar-refractivity contribution in [1.29, 1.82) is 0 Å². The van der Waals surface area contributed by atoms with Gasteiger partial charge >= 0.3 is 17.9 Å². The second-order valence-corrected chi connectivity index (χ2v) is 10.5. The van der Waals surface area contributed by atoms with Crippen LogP contribution in [0.25, 0.3) is 0 Å². The SMILES string of the molecule is CC(=O)Cc1ccccc1C(O)O.CC(=O)Oc1ccccc1C(O)O.CC(=O)Oc1ccccc1C(O)O.CC(=O)Oc1ccccc1C(O)O.[Cu].[Cu]. The van der Waals surface area contributed by atoms with Crippen molar-refractivity contribution in [2.75, 3.05) is 0 Å². The van der Waals surface area contributed by atoms with Gasteiger partial charge in [0.25, 0.3) is 0 Å². The molecule has 0 aromatic heterocycles. The number of hydrogen-bond donors (Lipinski definition) is 8. The number of ether oxygens (including phenoxy) is 3. The van der Waals surface area contributed by atoms with Gasteiger partial charge in [-0.25, -0.2) is 0 Å². The first-order valence-electron chi connectivity index (χ1n) is 15.3. The average molecular weight is 854 g/mol. The molecule has 0 unspecified atom stereocenters. The van der Waals surface area contributed by atoms with Crippen molar-refractivity contribution < 1.29 is 108 Å². The number of rotatable bonds is 9. The van der Waals surface area contributed by atoms with Crippen molar-refractivity contribution in [3.63, 3.8) is 0 Å². The van der Waals surface area contributed by atoms with E-state index in [1.165, 1.54) is 64.1 Å². The van der Waals surface area contributed by atoms with E-state index in [0.717, 1.165) is 0 Å². The number of aliphatic hydroxyl groups excluding tert-OH is 4. The molecule has 4 aromatic rings. The molecule has 4 aromatic carbocycles. The molecule has 0 saturated heterocycles. The second-order valence-electron chi connectivity index (χ2n) is 10.5. The largest absolute Gasteiger partial charge is 0.426 e. The van der Waals surface area contributed by atoms with Gasteiger partial charge < -0.3 is 55.1 Å². The Balaban J connectivity index is 0. The van der Waals surface area contributed by atoms with Crippen molar-refractivity contribution in [3.8, 4) is 17.2 Å². The fourth-order valence-corrected chi connectivity index (χ4v) is 4.04. The summed E-state index contributed by atoms with van der Waals surface area (Å²) in [5.41, 5.74) is 1.61. The van der Waals surface area contributed by atoms with Gasteiger partial charge in [-0.15, -0.1) is 0 Å². The zero-order valence-corrected chi connectivity index (χ0v) is 31.2. The van der Waals surface area contributed by atoms with Crippen LogP contribution in [0, 0.1) is 0 Å². The summed E-state index contributed by atoms with van der Waals surface area (Å²) in [5.74, 6) is -0.956. The first kappa shape index (κ1) is 51.8. The number of aliphatic hydroxyl groups is 8. The normalized spacial score (nSPS) is 9.85. The Hall–Kier alpha value is -4.32. The van der Waals surface area contributed by atoms with Crippen molar-refractivity contribution >= 4 is 23.7 Å². The molecule has 15 nitrogen and oxygen atoms in total. The van der Waals surface area contributed by atoms with E-state index in [1.54, 1.807) is 60.7 Å². The van der Waals surface area contributed by atoms with Crippen LogP contribution >= 0.6 is 0 Å². The third-order valence-electron chi connectivity index (χ3n) is 6.13. The predicted octanol–water partition coefficient (Wildman–Crippen LogP) is 2.58. The van der Waals surface area contributed by atoms with Crippen LogP contribution in [0.15, 0.2) is 97.1 Å². The number of benzene rings is 4. The molecule has 2 radical (unpaired) electrons. The van der Waals surface area contributed by atoms with E-state index >= 15 is 0 Å². The molecule has 17 heteroatoms. The second kappa shape index (κ2) is 27.3. The van der Waals surface area contributed by atoms with Gasteiger partial charge in [0.15, 0.2) is 25.2 Å². The Morgan fingerprint density at radius 1 is 0.426 bits per heavy atom. The fraction of sp³-hybridized carbons (Fsp3) is 0.243. The Morgan fingerprint density at radius 3 is 0.907 bits per heavy atom. The number of Topliss-reactive ketones (excluding diaryl/α,β-unsaturated/α-hetero) is 1. The van der Waals surface area contributed by atoms with Crippen LogP contribution < -0.4 is 14.2 Å².